The summed E-state index contributed by atoms with van der Waals surface area (Å²) >= 11 is 8.68. The third-order valence-electron chi connectivity index (χ3n) is 6.57. The van der Waals surface area contributed by atoms with E-state index in [1.807, 2.05) is 44.2 Å². The number of hydrogen-bond acceptors (Lipinski definition) is 9. The van der Waals surface area contributed by atoms with Gasteiger partial charge in [-0.15, -0.1) is 10.2 Å². The zero-order chi connectivity index (χ0) is 30.3. The first-order chi connectivity index (χ1) is 20.9. The van der Waals surface area contributed by atoms with Crippen molar-refractivity contribution in [1.82, 2.24) is 10.2 Å². The normalized spacial score (nSPS) is 16.1. The summed E-state index contributed by atoms with van der Waals surface area (Å²) < 4.78 is 12.1. The Balaban J connectivity index is 1.52. The van der Waals surface area contributed by atoms with Gasteiger partial charge in [0.15, 0.2) is 4.34 Å². The number of carbonyl (C=O) groups is 2. The first kappa shape index (κ1) is 30.6. The van der Waals surface area contributed by atoms with Crippen LogP contribution in [-0.4, -0.2) is 40.2 Å². The standard InChI is InChI=1S/C32H30ClN3O5S2/c1-3-16-40-24-14-10-21(11-15-24)28(37)26-27(22-6-5-7-25(18-22)41-17-4-2)36(30(39)29(26)38)31-34-35-32(43-31)42-19-20-8-12-23(33)13-9-20/h5-15,18,27,37H,3-4,16-17,19H2,1-2H3. The summed E-state index contributed by atoms with van der Waals surface area (Å²) in [6.07, 6.45) is 1.68. The van der Waals surface area contributed by atoms with E-state index >= 15 is 0 Å². The minimum Gasteiger partial charge on any atom is -0.507 e. The van der Waals surface area contributed by atoms with Crippen LogP contribution in [0.2, 0.25) is 5.02 Å². The van der Waals surface area contributed by atoms with Gasteiger partial charge in [-0.05, 0) is 72.5 Å². The molecule has 4 aromatic rings. The van der Waals surface area contributed by atoms with Crippen molar-refractivity contribution in [1.29, 1.82) is 0 Å². The van der Waals surface area contributed by atoms with Crippen LogP contribution in [0.3, 0.4) is 0 Å². The quantitative estimate of drug-likeness (QED) is 0.0556. The van der Waals surface area contributed by atoms with Crippen molar-refractivity contribution < 1.29 is 24.2 Å². The van der Waals surface area contributed by atoms with Crippen LogP contribution in [0.25, 0.3) is 5.76 Å². The summed E-state index contributed by atoms with van der Waals surface area (Å²) in [5, 5.41) is 21.0. The first-order valence-electron chi connectivity index (χ1n) is 13.9. The lowest BCUT2D eigenvalue weighted by Gasteiger charge is -2.23. The topological polar surface area (TPSA) is 102 Å². The van der Waals surface area contributed by atoms with E-state index in [1.54, 1.807) is 42.5 Å². The molecule has 1 amide bonds. The summed E-state index contributed by atoms with van der Waals surface area (Å²) in [4.78, 5) is 28.5. The number of halogens is 1. The van der Waals surface area contributed by atoms with E-state index in [2.05, 4.69) is 10.2 Å². The second-order valence-electron chi connectivity index (χ2n) is 9.73. The Kier molecular flexibility index (Phi) is 10.0. The molecule has 0 radical (unpaired) electrons. The maximum atomic E-state index is 13.6. The molecule has 1 aliphatic rings. The number of benzene rings is 3. The van der Waals surface area contributed by atoms with Gasteiger partial charge >= 0.3 is 5.91 Å². The second kappa shape index (κ2) is 14.1. The predicted octanol–water partition coefficient (Wildman–Crippen LogP) is 7.69. The summed E-state index contributed by atoms with van der Waals surface area (Å²) in [6, 6.07) is 20.6. The Morgan fingerprint density at radius 2 is 1.65 bits per heavy atom. The molecule has 0 saturated carbocycles. The SMILES string of the molecule is CCCOc1ccc(C(O)=C2C(=O)C(=O)N(c3nnc(SCc4ccc(Cl)cc4)s3)C2c2cccc(OCCC)c2)cc1. The lowest BCUT2D eigenvalue weighted by atomic mass is 9.95. The highest BCUT2D eigenvalue weighted by Crippen LogP contribution is 2.44. The molecule has 222 valence electrons. The highest BCUT2D eigenvalue weighted by molar-refractivity contribution is 8.00. The van der Waals surface area contributed by atoms with Gasteiger partial charge in [0.25, 0.3) is 5.78 Å². The number of thioether (sulfide) groups is 1. The molecular weight excluding hydrogens is 606 g/mol. The number of anilines is 1. The average molecular weight is 636 g/mol. The van der Waals surface area contributed by atoms with Gasteiger partial charge in [-0.1, -0.05) is 72.8 Å². The van der Waals surface area contributed by atoms with Crippen molar-refractivity contribution in [2.75, 3.05) is 18.1 Å². The van der Waals surface area contributed by atoms with Gasteiger partial charge < -0.3 is 14.6 Å². The number of amides is 1. The van der Waals surface area contributed by atoms with Crippen LogP contribution < -0.4 is 14.4 Å². The number of hydrogen-bond donors (Lipinski definition) is 1. The lowest BCUT2D eigenvalue weighted by Crippen LogP contribution is -2.29. The van der Waals surface area contributed by atoms with Crippen LogP contribution in [0.4, 0.5) is 5.13 Å². The maximum Gasteiger partial charge on any atom is 0.301 e. The Hall–Kier alpha value is -3.86. The molecule has 3 aromatic carbocycles. The van der Waals surface area contributed by atoms with Crippen molar-refractivity contribution in [3.63, 3.8) is 0 Å². The molecule has 0 spiro atoms. The van der Waals surface area contributed by atoms with Crippen molar-refractivity contribution >= 4 is 57.3 Å². The van der Waals surface area contributed by atoms with Crippen LogP contribution in [0.15, 0.2) is 82.7 Å². The average Bonchev–Trinajstić information content (AvgIpc) is 3.60. The highest BCUT2D eigenvalue weighted by Gasteiger charge is 2.48. The molecule has 0 aliphatic carbocycles. The van der Waals surface area contributed by atoms with E-state index < -0.39 is 17.7 Å². The molecule has 1 aromatic heterocycles. The van der Waals surface area contributed by atoms with Gasteiger partial charge in [-0.3, -0.25) is 14.5 Å². The van der Waals surface area contributed by atoms with E-state index in [9.17, 15) is 14.7 Å². The molecular formula is C32H30ClN3O5S2. The zero-order valence-corrected chi connectivity index (χ0v) is 26.0. The van der Waals surface area contributed by atoms with Crippen molar-refractivity contribution in [2.45, 2.75) is 42.8 Å². The number of aliphatic hydroxyl groups is 1. The maximum absolute atomic E-state index is 13.6. The fourth-order valence-corrected chi connectivity index (χ4v) is 6.46. The van der Waals surface area contributed by atoms with Crippen molar-refractivity contribution in [2.24, 2.45) is 0 Å². The van der Waals surface area contributed by atoms with Gasteiger partial charge in [-0.25, -0.2) is 0 Å². The molecule has 2 heterocycles. The van der Waals surface area contributed by atoms with Crippen LogP contribution in [0.5, 0.6) is 11.5 Å². The molecule has 1 N–H and O–H groups in total. The third-order valence-corrected chi connectivity index (χ3v) is 8.95. The van der Waals surface area contributed by atoms with Crippen LogP contribution >= 0.6 is 34.7 Å². The monoisotopic (exact) mass is 635 g/mol. The van der Waals surface area contributed by atoms with E-state index in [0.717, 1.165) is 18.4 Å². The molecule has 1 atom stereocenters. The minimum atomic E-state index is -0.941. The largest absolute Gasteiger partial charge is 0.507 e. The van der Waals surface area contributed by atoms with Crippen LogP contribution in [-0.2, 0) is 15.3 Å². The molecule has 1 fully saturated rings. The van der Waals surface area contributed by atoms with Crippen LogP contribution in [0.1, 0.15) is 49.4 Å². The lowest BCUT2D eigenvalue weighted by molar-refractivity contribution is -0.132. The fourth-order valence-electron chi connectivity index (χ4n) is 4.51. The summed E-state index contributed by atoms with van der Waals surface area (Å²) in [5.74, 6) is -0.0101. The summed E-state index contributed by atoms with van der Waals surface area (Å²) in [7, 11) is 0. The Bertz CT molecular complexity index is 1620. The van der Waals surface area contributed by atoms with E-state index in [-0.39, 0.29) is 16.5 Å². The first-order valence-corrected chi connectivity index (χ1v) is 16.0. The van der Waals surface area contributed by atoms with Gasteiger partial charge in [0.05, 0.1) is 24.8 Å². The zero-order valence-electron chi connectivity index (χ0n) is 23.7. The Morgan fingerprint density at radius 3 is 2.35 bits per heavy atom. The molecule has 11 heteroatoms. The molecule has 1 unspecified atom stereocenters. The minimum absolute atomic E-state index is 0.0366. The Morgan fingerprint density at radius 1 is 0.953 bits per heavy atom. The van der Waals surface area contributed by atoms with Crippen LogP contribution in [0, 0.1) is 0 Å². The van der Waals surface area contributed by atoms with Gasteiger partial charge in [0.1, 0.15) is 17.3 Å². The van der Waals surface area contributed by atoms with E-state index in [0.29, 0.717) is 51.0 Å². The number of rotatable bonds is 12. The number of ketones is 1. The molecule has 0 bridgehead atoms. The van der Waals surface area contributed by atoms with E-state index in [4.69, 9.17) is 21.1 Å². The fraction of sp³-hybridized carbons (Fsp3) is 0.250. The van der Waals surface area contributed by atoms with Gasteiger partial charge in [-0.2, -0.15) is 0 Å². The number of carbonyl (C=O) groups excluding carboxylic acids is 2. The molecule has 1 aliphatic heterocycles. The summed E-state index contributed by atoms with van der Waals surface area (Å²) in [6.45, 7) is 5.10. The number of aromatic nitrogens is 2. The molecule has 8 nitrogen and oxygen atoms in total. The molecule has 5 rings (SSSR count). The number of Topliss-reactive ketones (excluding diaryl/α,β-unsaturated/α-hetero) is 1. The predicted molar refractivity (Wildman–Crippen MR) is 170 cm³/mol. The van der Waals surface area contributed by atoms with E-state index in [1.165, 1.54) is 28.0 Å². The second-order valence-corrected chi connectivity index (χ2v) is 12.3. The summed E-state index contributed by atoms with van der Waals surface area (Å²) in [5.41, 5.74) is 2.01. The highest BCUT2D eigenvalue weighted by atomic mass is 35.5. The molecule has 1 saturated heterocycles. The third kappa shape index (κ3) is 7.04. The molecule has 43 heavy (non-hydrogen) atoms. The smallest absolute Gasteiger partial charge is 0.301 e. The van der Waals surface area contributed by atoms with Crippen molar-refractivity contribution in [3.05, 3.63) is 100 Å². The number of nitrogens with zero attached hydrogens (tertiary/aromatic N) is 3. The number of ether oxygens (including phenoxy) is 2. The van der Waals surface area contributed by atoms with Crippen molar-refractivity contribution in [3.8, 4) is 11.5 Å². The van der Waals surface area contributed by atoms with Gasteiger partial charge in [0, 0.05) is 16.3 Å². The Labute approximate surface area is 263 Å². The number of aliphatic hydroxyl groups excluding tert-OH is 1. The van der Waals surface area contributed by atoms with Gasteiger partial charge in [0.2, 0.25) is 5.13 Å².